The lowest BCUT2D eigenvalue weighted by atomic mass is 9.90. The van der Waals surface area contributed by atoms with Crippen molar-refractivity contribution in [1.82, 2.24) is 24.5 Å². The minimum Gasteiger partial charge on any atom is -0.477 e. The van der Waals surface area contributed by atoms with Gasteiger partial charge in [0.15, 0.2) is 5.65 Å². The van der Waals surface area contributed by atoms with E-state index in [2.05, 4.69) is 37.6 Å². The second-order valence-electron chi connectivity index (χ2n) is 11.2. The molecule has 1 unspecified atom stereocenters. The lowest BCUT2D eigenvalue weighted by molar-refractivity contribution is 0.0695. The molecule has 2 aliphatic rings. The predicted octanol–water partition coefficient (Wildman–Crippen LogP) is 3.68. The van der Waals surface area contributed by atoms with E-state index in [0.717, 1.165) is 48.2 Å². The van der Waals surface area contributed by atoms with Gasteiger partial charge in [-0.05, 0) is 50.6 Å². The van der Waals surface area contributed by atoms with Gasteiger partial charge in [-0.25, -0.2) is 23.8 Å². The van der Waals surface area contributed by atoms with Crippen LogP contribution in [0, 0.1) is 11.7 Å². The van der Waals surface area contributed by atoms with Gasteiger partial charge in [-0.15, -0.1) is 0 Å². The van der Waals surface area contributed by atoms with Crippen LogP contribution in [0.5, 0.6) is 0 Å². The zero-order chi connectivity index (χ0) is 29.3. The third-order valence-electron chi connectivity index (χ3n) is 9.02. The van der Waals surface area contributed by atoms with E-state index >= 15 is 0 Å². The van der Waals surface area contributed by atoms with E-state index in [1.807, 2.05) is 0 Å². The fourth-order valence-corrected chi connectivity index (χ4v) is 6.88. The maximum absolute atomic E-state index is 14.9. The molecule has 0 bridgehead atoms. The number of likely N-dealkylation sites (N-methyl/N-ethyl adjacent to an activating group) is 1. The Balaban J connectivity index is 1.52. The van der Waals surface area contributed by atoms with E-state index in [9.17, 15) is 19.1 Å². The number of aromatic carboxylic acids is 1. The number of carboxylic acids is 1. The predicted molar refractivity (Wildman–Crippen MR) is 162 cm³/mol. The molecule has 0 spiro atoms. The number of H-pyrrole nitrogens is 1. The number of likely N-dealkylation sites (tertiary alicyclic amines) is 1. The Morgan fingerprint density at radius 1 is 1.12 bits per heavy atom. The second kappa shape index (κ2) is 9.69. The van der Waals surface area contributed by atoms with Crippen molar-refractivity contribution in [2.75, 3.05) is 56.4 Å². The number of nitrogens with one attached hydrogen (secondary N) is 3. The highest BCUT2D eigenvalue weighted by molar-refractivity contribution is 6.18. The summed E-state index contributed by atoms with van der Waals surface area (Å²) >= 11 is 0. The molecule has 4 N–H and O–H groups in total. The number of hydrogen-bond acceptors (Lipinski definition) is 8. The molecule has 7 rings (SSSR count). The molecule has 2 aliphatic heterocycles. The number of pyridine rings is 3. The van der Waals surface area contributed by atoms with Gasteiger partial charge >= 0.3 is 5.97 Å². The van der Waals surface area contributed by atoms with Crippen LogP contribution >= 0.6 is 0 Å². The molecule has 216 valence electrons. The fraction of sp³-hybridized carbons (Fsp3) is 0.333. The van der Waals surface area contributed by atoms with Gasteiger partial charge in [-0.2, -0.15) is 0 Å². The molecule has 2 atom stereocenters. The van der Waals surface area contributed by atoms with E-state index in [4.69, 9.17) is 4.98 Å². The van der Waals surface area contributed by atoms with Gasteiger partial charge in [0, 0.05) is 68.3 Å². The van der Waals surface area contributed by atoms with Gasteiger partial charge in [0.2, 0.25) is 5.43 Å². The third-order valence-corrected chi connectivity index (χ3v) is 9.02. The van der Waals surface area contributed by atoms with Crippen LogP contribution in [0.25, 0.3) is 44.1 Å². The molecular weight excluding hydrogens is 539 g/mol. The highest BCUT2D eigenvalue weighted by atomic mass is 19.1. The summed E-state index contributed by atoms with van der Waals surface area (Å²) in [4.78, 5) is 42.6. The van der Waals surface area contributed by atoms with Gasteiger partial charge in [0.25, 0.3) is 0 Å². The lowest BCUT2D eigenvalue weighted by Gasteiger charge is -2.39. The largest absolute Gasteiger partial charge is 0.477 e. The first-order chi connectivity index (χ1) is 20.3. The van der Waals surface area contributed by atoms with Crippen molar-refractivity contribution in [3.05, 3.63) is 58.4 Å². The second-order valence-corrected chi connectivity index (χ2v) is 11.2. The summed E-state index contributed by atoms with van der Waals surface area (Å²) in [5.74, 6) is -1.05. The summed E-state index contributed by atoms with van der Waals surface area (Å²) in [6.45, 7) is 2.67. The monoisotopic (exact) mass is 570 g/mol. The number of carbonyl (C=O) groups is 1. The minimum absolute atomic E-state index is 0.171. The SMILES string of the molecule is CNc1cc(F)cc2c1[nH]c1ncc(-c3cnc4c(c3)c(=O)c(C(=O)O)cn4NC)c(N3CC[C@H]4CCN(C)C4C3)c12. The van der Waals surface area contributed by atoms with Gasteiger partial charge in [-0.1, -0.05) is 0 Å². The standard InChI is InChI=1S/C30H31FN8O3/c1-32-22-10-17(31)9-18-24-26(38-7-5-15-4-6-37(3)23(15)14-38)20(12-34-28(24)36-25(18)22)16-8-19-27(40)21(30(41)42)13-39(33-2)29(19)35-11-16/h8-13,15,23,32-33H,4-7,14H2,1-3H3,(H,34,36)(H,41,42)/t15-,23?/m1/s1. The molecule has 5 aromatic rings. The van der Waals surface area contributed by atoms with Crippen LogP contribution in [-0.4, -0.2) is 82.4 Å². The summed E-state index contributed by atoms with van der Waals surface area (Å²) in [6, 6.07) is 5.06. The van der Waals surface area contributed by atoms with Gasteiger partial charge in [0.1, 0.15) is 17.0 Å². The molecule has 2 fully saturated rings. The summed E-state index contributed by atoms with van der Waals surface area (Å²) in [5, 5.41) is 14.4. The average Bonchev–Trinajstić information content (AvgIpc) is 3.56. The molecular formula is C30H31FN8O3. The summed E-state index contributed by atoms with van der Waals surface area (Å²) in [5.41, 5.74) is 6.49. The highest BCUT2D eigenvalue weighted by Crippen LogP contribution is 2.44. The Morgan fingerprint density at radius 3 is 2.69 bits per heavy atom. The Morgan fingerprint density at radius 2 is 1.93 bits per heavy atom. The zero-order valence-corrected chi connectivity index (χ0v) is 23.5. The Labute approximate surface area is 239 Å². The molecule has 2 saturated heterocycles. The van der Waals surface area contributed by atoms with Crippen molar-refractivity contribution in [3.63, 3.8) is 0 Å². The molecule has 4 aromatic heterocycles. The Kier molecular flexibility index (Phi) is 6.05. The van der Waals surface area contributed by atoms with Crippen LogP contribution in [-0.2, 0) is 0 Å². The van der Waals surface area contributed by atoms with E-state index in [1.165, 1.54) is 29.4 Å². The number of carboxylic acid groups (broad SMARTS) is 1. The number of anilines is 2. The molecule has 11 nitrogen and oxygen atoms in total. The van der Waals surface area contributed by atoms with Crippen molar-refractivity contribution < 1.29 is 14.3 Å². The number of hydrogen-bond donors (Lipinski definition) is 4. The first-order valence-electron chi connectivity index (χ1n) is 14.0. The van der Waals surface area contributed by atoms with E-state index in [1.54, 1.807) is 32.6 Å². The minimum atomic E-state index is -1.32. The normalized spacial score (nSPS) is 19.1. The molecule has 1 aromatic carbocycles. The van der Waals surface area contributed by atoms with Crippen molar-refractivity contribution in [1.29, 1.82) is 0 Å². The van der Waals surface area contributed by atoms with Crippen molar-refractivity contribution in [3.8, 4) is 11.1 Å². The molecule has 42 heavy (non-hydrogen) atoms. The zero-order valence-electron chi connectivity index (χ0n) is 23.5. The maximum Gasteiger partial charge on any atom is 0.341 e. The van der Waals surface area contributed by atoms with Crippen LogP contribution in [0.2, 0.25) is 0 Å². The molecule has 0 radical (unpaired) electrons. The Bertz CT molecular complexity index is 1970. The number of rotatable bonds is 5. The van der Waals surface area contributed by atoms with Gasteiger partial charge in [-0.3, -0.25) is 4.79 Å². The van der Waals surface area contributed by atoms with Gasteiger partial charge in [0.05, 0.1) is 27.7 Å². The molecule has 0 saturated carbocycles. The van der Waals surface area contributed by atoms with Crippen LogP contribution in [0.15, 0.2) is 41.6 Å². The summed E-state index contributed by atoms with van der Waals surface area (Å²) in [6.07, 6.45) is 6.87. The number of aromatic amines is 1. The van der Waals surface area contributed by atoms with E-state index < -0.39 is 11.4 Å². The van der Waals surface area contributed by atoms with Crippen molar-refractivity contribution in [2.45, 2.75) is 18.9 Å². The number of piperidine rings is 1. The number of benzene rings is 1. The highest BCUT2D eigenvalue weighted by Gasteiger charge is 2.38. The first kappa shape index (κ1) is 26.2. The van der Waals surface area contributed by atoms with Crippen LogP contribution in [0.3, 0.4) is 0 Å². The number of aromatic nitrogens is 4. The number of fused-ring (bicyclic) bond motifs is 5. The fourth-order valence-electron chi connectivity index (χ4n) is 6.88. The quantitative estimate of drug-likeness (QED) is 0.250. The molecule has 12 heteroatoms. The molecule has 0 amide bonds. The van der Waals surface area contributed by atoms with Crippen molar-refractivity contribution in [2.24, 2.45) is 5.92 Å². The van der Waals surface area contributed by atoms with Crippen molar-refractivity contribution >= 4 is 50.3 Å². The lowest BCUT2D eigenvalue weighted by Crippen LogP contribution is -2.47. The number of halogens is 1. The van der Waals surface area contributed by atoms with Gasteiger partial charge < -0.3 is 30.6 Å². The van der Waals surface area contributed by atoms with Crippen LogP contribution in [0.1, 0.15) is 23.2 Å². The van der Waals surface area contributed by atoms with E-state index in [-0.39, 0.29) is 16.8 Å². The topological polar surface area (TPSA) is 131 Å². The number of nitrogens with zero attached hydrogens (tertiary/aromatic N) is 5. The smallest absolute Gasteiger partial charge is 0.341 e. The Hall–Kier alpha value is -4.71. The summed E-state index contributed by atoms with van der Waals surface area (Å²) in [7, 11) is 5.54. The molecule has 0 aliphatic carbocycles. The molecule has 6 heterocycles. The third kappa shape index (κ3) is 3.89. The van der Waals surface area contributed by atoms with Crippen LogP contribution in [0.4, 0.5) is 15.8 Å². The summed E-state index contributed by atoms with van der Waals surface area (Å²) < 4.78 is 16.3. The van der Waals surface area contributed by atoms with E-state index in [0.29, 0.717) is 39.9 Å². The average molecular weight is 571 g/mol. The first-order valence-corrected chi connectivity index (χ1v) is 14.0. The maximum atomic E-state index is 14.9. The van der Waals surface area contributed by atoms with Crippen LogP contribution < -0.4 is 21.1 Å².